The molecule has 0 radical (unpaired) electrons. The summed E-state index contributed by atoms with van der Waals surface area (Å²) in [5.41, 5.74) is 1.90. The molecular weight excluding hydrogens is 405 g/mol. The second-order valence-corrected chi connectivity index (χ2v) is 7.43. The largest absolute Gasteiger partial charge is 0.497 e. The lowest BCUT2D eigenvalue weighted by Crippen LogP contribution is -2.26. The molecule has 4 rings (SSSR count). The number of carbonyl (C=O) groups is 1. The van der Waals surface area contributed by atoms with Crippen molar-refractivity contribution < 1.29 is 18.7 Å². The highest BCUT2D eigenvalue weighted by atomic mass is 32.2. The molecule has 0 saturated heterocycles. The number of ether oxygens (including phenoxy) is 2. The molecule has 30 heavy (non-hydrogen) atoms. The Bertz CT molecular complexity index is 1090. The lowest BCUT2D eigenvalue weighted by Gasteiger charge is -2.22. The smallest absolute Gasteiger partial charge is 0.275 e. The van der Waals surface area contributed by atoms with Gasteiger partial charge in [0.15, 0.2) is 0 Å². The number of halogens is 1. The van der Waals surface area contributed by atoms with Gasteiger partial charge >= 0.3 is 0 Å². The van der Waals surface area contributed by atoms with Gasteiger partial charge in [-0.2, -0.15) is 5.10 Å². The van der Waals surface area contributed by atoms with Gasteiger partial charge in [-0.25, -0.2) is 14.4 Å². The van der Waals surface area contributed by atoms with E-state index in [2.05, 4.69) is 10.1 Å². The summed E-state index contributed by atoms with van der Waals surface area (Å²) in [6, 6.07) is 16.5. The zero-order valence-electron chi connectivity index (χ0n) is 16.3. The van der Waals surface area contributed by atoms with E-state index in [0.717, 1.165) is 5.56 Å². The van der Waals surface area contributed by atoms with Crippen molar-refractivity contribution in [2.75, 3.05) is 14.2 Å². The highest BCUT2D eigenvalue weighted by molar-refractivity contribution is 8.14. The average Bonchev–Trinajstić information content (AvgIpc) is 3.24. The zero-order chi connectivity index (χ0) is 21.1. The Morgan fingerprint density at radius 3 is 2.43 bits per heavy atom. The number of hydrogen-bond donors (Lipinski definition) is 0. The molecule has 0 bridgehead atoms. The number of benzene rings is 2. The highest BCUT2D eigenvalue weighted by Gasteiger charge is 2.36. The first-order valence-electron chi connectivity index (χ1n) is 9.08. The van der Waals surface area contributed by atoms with Gasteiger partial charge in [0.2, 0.25) is 5.88 Å². The Morgan fingerprint density at radius 2 is 1.77 bits per heavy atom. The number of amides is 1. The summed E-state index contributed by atoms with van der Waals surface area (Å²) in [6.07, 6.45) is 1.62. The molecule has 0 aliphatic carbocycles. The van der Waals surface area contributed by atoms with Gasteiger partial charge in [0, 0.05) is 22.9 Å². The summed E-state index contributed by atoms with van der Waals surface area (Å²) < 4.78 is 23.9. The van der Waals surface area contributed by atoms with E-state index in [1.54, 1.807) is 55.8 Å². The number of rotatable bonds is 5. The Labute approximate surface area is 177 Å². The van der Waals surface area contributed by atoms with Gasteiger partial charge in [-0.3, -0.25) is 4.79 Å². The summed E-state index contributed by atoms with van der Waals surface area (Å²) in [5.74, 6) is 0.457. The maximum Gasteiger partial charge on any atom is 0.275 e. The third kappa shape index (κ3) is 3.86. The van der Waals surface area contributed by atoms with Crippen molar-refractivity contribution in [3.05, 3.63) is 89.4 Å². The molecule has 0 spiro atoms. The molecule has 0 saturated carbocycles. The summed E-state index contributed by atoms with van der Waals surface area (Å²) in [6.45, 7) is 0. The second-order valence-electron chi connectivity index (χ2n) is 6.36. The molecule has 2 heterocycles. The van der Waals surface area contributed by atoms with Crippen molar-refractivity contribution in [1.29, 1.82) is 0 Å². The van der Waals surface area contributed by atoms with E-state index in [-0.39, 0.29) is 11.7 Å². The summed E-state index contributed by atoms with van der Waals surface area (Å²) in [5, 5.41) is 6.10. The SMILES string of the molecule is COc1ccc(C(=O)N2N=C(c3ccc(F)cc3)SC2c2cccnc2OC)cc1. The van der Waals surface area contributed by atoms with Crippen LogP contribution in [0.3, 0.4) is 0 Å². The van der Waals surface area contributed by atoms with Crippen molar-refractivity contribution in [2.24, 2.45) is 5.10 Å². The molecule has 6 nitrogen and oxygen atoms in total. The fraction of sp³-hybridized carbons (Fsp3) is 0.136. The van der Waals surface area contributed by atoms with E-state index >= 15 is 0 Å². The van der Waals surface area contributed by atoms with Crippen LogP contribution in [0.2, 0.25) is 0 Å². The van der Waals surface area contributed by atoms with E-state index in [9.17, 15) is 9.18 Å². The molecule has 1 amide bonds. The number of hydrazone groups is 1. The number of aromatic nitrogens is 1. The van der Waals surface area contributed by atoms with Gasteiger partial charge in [0.05, 0.1) is 14.2 Å². The Morgan fingerprint density at radius 1 is 1.03 bits per heavy atom. The van der Waals surface area contributed by atoms with Crippen LogP contribution in [0.4, 0.5) is 4.39 Å². The van der Waals surface area contributed by atoms with Crippen LogP contribution in [0.1, 0.15) is 26.9 Å². The van der Waals surface area contributed by atoms with E-state index < -0.39 is 5.37 Å². The minimum Gasteiger partial charge on any atom is -0.497 e. The molecular formula is C22H18FN3O3S. The third-order valence-corrected chi connectivity index (χ3v) is 5.76. The van der Waals surface area contributed by atoms with Gasteiger partial charge in [0.25, 0.3) is 5.91 Å². The Kier molecular flexibility index (Phi) is 5.67. The maximum absolute atomic E-state index is 13.4. The Hall–Kier alpha value is -3.39. The van der Waals surface area contributed by atoms with Crippen LogP contribution in [0.15, 0.2) is 72.0 Å². The number of carbonyl (C=O) groups excluding carboxylic acids is 1. The topological polar surface area (TPSA) is 64.0 Å². The van der Waals surface area contributed by atoms with E-state index in [1.165, 1.54) is 36.0 Å². The number of hydrogen-bond acceptors (Lipinski definition) is 6. The Balaban J connectivity index is 1.74. The predicted octanol–water partition coefficient (Wildman–Crippen LogP) is 4.49. The maximum atomic E-state index is 13.4. The fourth-order valence-electron chi connectivity index (χ4n) is 3.02. The zero-order valence-corrected chi connectivity index (χ0v) is 17.1. The van der Waals surface area contributed by atoms with Crippen LogP contribution < -0.4 is 9.47 Å². The summed E-state index contributed by atoms with van der Waals surface area (Å²) in [4.78, 5) is 17.6. The summed E-state index contributed by atoms with van der Waals surface area (Å²) >= 11 is 1.38. The molecule has 8 heteroatoms. The molecule has 1 aliphatic heterocycles. The van der Waals surface area contributed by atoms with Crippen LogP contribution in [-0.4, -0.2) is 35.2 Å². The number of pyridine rings is 1. The van der Waals surface area contributed by atoms with Gasteiger partial charge < -0.3 is 9.47 Å². The molecule has 3 aromatic rings. The van der Waals surface area contributed by atoms with Gasteiger partial charge in [-0.15, -0.1) is 0 Å². The standard InChI is InChI=1S/C22H18FN3O3S/c1-28-17-11-7-15(8-12-17)21(27)26-22(18-4-3-13-24-19(18)29-2)30-20(25-26)14-5-9-16(23)10-6-14/h3-13,22H,1-2H3. The quantitative estimate of drug-likeness (QED) is 0.605. The number of thioether (sulfide) groups is 1. The van der Waals surface area contributed by atoms with Crippen LogP contribution in [-0.2, 0) is 0 Å². The monoisotopic (exact) mass is 423 g/mol. The van der Waals surface area contributed by atoms with Crippen molar-refractivity contribution in [2.45, 2.75) is 5.37 Å². The first-order chi connectivity index (χ1) is 14.6. The average molecular weight is 423 g/mol. The molecule has 1 atom stereocenters. The molecule has 0 N–H and O–H groups in total. The fourth-order valence-corrected chi connectivity index (χ4v) is 4.19. The van der Waals surface area contributed by atoms with E-state index in [4.69, 9.17) is 9.47 Å². The lowest BCUT2D eigenvalue weighted by atomic mass is 10.2. The van der Waals surface area contributed by atoms with Crippen molar-refractivity contribution in [1.82, 2.24) is 9.99 Å². The van der Waals surface area contributed by atoms with Crippen LogP contribution in [0.5, 0.6) is 11.6 Å². The first kappa shape index (κ1) is 19.9. The van der Waals surface area contributed by atoms with Crippen LogP contribution in [0, 0.1) is 5.82 Å². The third-order valence-electron chi connectivity index (χ3n) is 4.54. The summed E-state index contributed by atoms with van der Waals surface area (Å²) in [7, 11) is 3.10. The molecule has 152 valence electrons. The van der Waals surface area contributed by atoms with Crippen molar-refractivity contribution in [3.63, 3.8) is 0 Å². The normalized spacial score (nSPS) is 15.6. The van der Waals surface area contributed by atoms with Crippen molar-refractivity contribution >= 4 is 22.7 Å². The first-order valence-corrected chi connectivity index (χ1v) is 9.96. The molecule has 0 fully saturated rings. The molecule has 1 aliphatic rings. The van der Waals surface area contributed by atoms with Gasteiger partial charge in [-0.1, -0.05) is 11.8 Å². The van der Waals surface area contributed by atoms with Crippen molar-refractivity contribution in [3.8, 4) is 11.6 Å². The number of nitrogens with zero attached hydrogens (tertiary/aromatic N) is 3. The minimum absolute atomic E-state index is 0.279. The molecule has 2 aromatic carbocycles. The lowest BCUT2D eigenvalue weighted by molar-refractivity contribution is 0.0747. The second kappa shape index (κ2) is 8.54. The van der Waals surface area contributed by atoms with Gasteiger partial charge in [0.1, 0.15) is 22.0 Å². The molecule has 1 unspecified atom stereocenters. The van der Waals surface area contributed by atoms with Gasteiger partial charge in [-0.05, 0) is 60.7 Å². The predicted molar refractivity (Wildman–Crippen MR) is 113 cm³/mol. The molecule has 1 aromatic heterocycles. The van der Waals surface area contributed by atoms with Crippen LogP contribution in [0.25, 0.3) is 0 Å². The van der Waals surface area contributed by atoms with Crippen LogP contribution >= 0.6 is 11.8 Å². The number of methoxy groups -OCH3 is 2. The van der Waals surface area contributed by atoms with E-state index in [0.29, 0.717) is 27.8 Å². The highest BCUT2D eigenvalue weighted by Crippen LogP contribution is 2.44. The van der Waals surface area contributed by atoms with E-state index in [1.807, 2.05) is 6.07 Å². The minimum atomic E-state index is -0.483.